The van der Waals surface area contributed by atoms with E-state index in [2.05, 4.69) is 40.2 Å². The fourth-order valence-electron chi connectivity index (χ4n) is 1.90. The number of nitrogens with one attached hydrogen (secondary N) is 1. The van der Waals surface area contributed by atoms with Crippen LogP contribution in [-0.4, -0.2) is 33.6 Å². The topological polar surface area (TPSA) is 50.1 Å². The summed E-state index contributed by atoms with van der Waals surface area (Å²) in [5.74, 6) is 0. The number of aliphatic hydroxyl groups is 1. The summed E-state index contributed by atoms with van der Waals surface area (Å²) in [5, 5.41) is 17.1. The van der Waals surface area contributed by atoms with Crippen LogP contribution in [0.2, 0.25) is 0 Å². The Morgan fingerprint density at radius 3 is 2.83 bits per heavy atom. The van der Waals surface area contributed by atoms with Crippen LogP contribution in [0, 0.1) is 0 Å². The Labute approximate surface area is 118 Å². The van der Waals surface area contributed by atoms with Crippen molar-refractivity contribution in [2.45, 2.75) is 51.6 Å². The van der Waals surface area contributed by atoms with Crippen molar-refractivity contribution in [3.63, 3.8) is 0 Å². The number of halogens is 1. The van der Waals surface area contributed by atoms with Crippen LogP contribution >= 0.6 is 15.9 Å². The molecular weight excluding hydrogens is 294 g/mol. The largest absolute Gasteiger partial charge is 0.394 e. The van der Waals surface area contributed by atoms with Crippen LogP contribution in [0.1, 0.15) is 39.5 Å². The van der Waals surface area contributed by atoms with Crippen molar-refractivity contribution in [3.8, 4) is 0 Å². The Hall–Kier alpha value is -0.390. The van der Waals surface area contributed by atoms with Gasteiger partial charge in [0.25, 0.3) is 0 Å². The smallest absolute Gasteiger partial charge is 0.0632 e. The molecule has 1 atom stereocenters. The highest BCUT2D eigenvalue weighted by atomic mass is 79.9. The van der Waals surface area contributed by atoms with Crippen molar-refractivity contribution in [3.05, 3.63) is 16.9 Å². The summed E-state index contributed by atoms with van der Waals surface area (Å²) in [6, 6.07) is 0. The van der Waals surface area contributed by atoms with Crippen LogP contribution in [0.15, 0.2) is 16.9 Å². The number of rotatable bonds is 9. The van der Waals surface area contributed by atoms with Crippen molar-refractivity contribution >= 4 is 15.9 Å². The maximum absolute atomic E-state index is 9.45. The highest BCUT2D eigenvalue weighted by Crippen LogP contribution is 2.14. The van der Waals surface area contributed by atoms with E-state index in [0.29, 0.717) is 0 Å². The van der Waals surface area contributed by atoms with Gasteiger partial charge in [0.1, 0.15) is 0 Å². The molecule has 1 heterocycles. The fraction of sp³-hybridized carbons (Fsp3) is 0.769. The van der Waals surface area contributed by atoms with Gasteiger partial charge < -0.3 is 10.4 Å². The molecule has 5 heteroatoms. The van der Waals surface area contributed by atoms with Crippen LogP contribution in [0.5, 0.6) is 0 Å². The van der Waals surface area contributed by atoms with E-state index in [9.17, 15) is 5.11 Å². The third kappa shape index (κ3) is 5.50. The van der Waals surface area contributed by atoms with Crippen molar-refractivity contribution < 1.29 is 5.11 Å². The highest BCUT2D eigenvalue weighted by Gasteiger charge is 2.21. The van der Waals surface area contributed by atoms with Crippen LogP contribution in [-0.2, 0) is 6.54 Å². The molecule has 0 spiro atoms. The molecule has 2 N–H and O–H groups in total. The standard InChI is InChI=1S/C13H24BrN3O/c1-3-7-15-13(2,11-18)6-4-5-8-17-10-12(14)9-16-17/h9-10,15,18H,3-8,11H2,1-2H3. The van der Waals surface area contributed by atoms with E-state index < -0.39 is 0 Å². The lowest BCUT2D eigenvalue weighted by molar-refractivity contribution is 0.162. The Kier molecular flexibility index (Phi) is 6.89. The Morgan fingerprint density at radius 1 is 1.50 bits per heavy atom. The molecule has 0 saturated heterocycles. The average Bonchev–Trinajstić information content (AvgIpc) is 2.78. The second kappa shape index (κ2) is 7.92. The molecule has 4 nitrogen and oxygen atoms in total. The lowest BCUT2D eigenvalue weighted by atomic mass is 9.95. The maximum Gasteiger partial charge on any atom is 0.0632 e. The normalized spacial score (nSPS) is 14.7. The Morgan fingerprint density at radius 2 is 2.28 bits per heavy atom. The molecule has 0 amide bonds. The first kappa shape index (κ1) is 15.7. The van der Waals surface area contributed by atoms with Gasteiger partial charge in [-0.05, 0) is 55.1 Å². The number of hydrogen-bond acceptors (Lipinski definition) is 3. The van der Waals surface area contributed by atoms with E-state index in [4.69, 9.17) is 0 Å². The molecule has 0 fully saturated rings. The number of nitrogens with zero attached hydrogens (tertiary/aromatic N) is 2. The third-order valence-electron chi connectivity index (χ3n) is 3.12. The van der Waals surface area contributed by atoms with Crippen molar-refractivity contribution in [2.24, 2.45) is 0 Å². The SMILES string of the molecule is CCCNC(C)(CO)CCCCn1cc(Br)cn1. The fourth-order valence-corrected chi connectivity index (χ4v) is 2.23. The number of aryl methyl sites for hydroxylation is 1. The summed E-state index contributed by atoms with van der Waals surface area (Å²) in [7, 11) is 0. The number of aliphatic hydroxyl groups excluding tert-OH is 1. The van der Waals surface area contributed by atoms with E-state index in [1.54, 1.807) is 6.20 Å². The maximum atomic E-state index is 9.45. The number of unbranched alkanes of at least 4 members (excludes halogenated alkanes) is 1. The molecule has 104 valence electrons. The molecule has 0 aliphatic heterocycles. The molecule has 0 bridgehead atoms. The van der Waals surface area contributed by atoms with Gasteiger partial charge >= 0.3 is 0 Å². The summed E-state index contributed by atoms with van der Waals surface area (Å²) in [4.78, 5) is 0. The van der Waals surface area contributed by atoms with Crippen LogP contribution in [0.4, 0.5) is 0 Å². The molecule has 1 aromatic heterocycles. The van der Waals surface area contributed by atoms with Gasteiger partial charge in [-0.1, -0.05) is 6.92 Å². The monoisotopic (exact) mass is 317 g/mol. The van der Waals surface area contributed by atoms with Crippen LogP contribution < -0.4 is 5.32 Å². The van der Waals surface area contributed by atoms with Crippen LogP contribution in [0.3, 0.4) is 0 Å². The average molecular weight is 318 g/mol. The van der Waals surface area contributed by atoms with E-state index in [1.807, 2.05) is 10.9 Å². The quantitative estimate of drug-likeness (QED) is 0.688. The van der Waals surface area contributed by atoms with E-state index >= 15 is 0 Å². The first-order valence-electron chi connectivity index (χ1n) is 6.63. The molecule has 18 heavy (non-hydrogen) atoms. The molecule has 1 unspecified atom stereocenters. The first-order valence-corrected chi connectivity index (χ1v) is 7.43. The molecular formula is C13H24BrN3O. The van der Waals surface area contributed by atoms with Crippen LogP contribution in [0.25, 0.3) is 0 Å². The van der Waals surface area contributed by atoms with Crippen molar-refractivity contribution in [1.29, 1.82) is 0 Å². The van der Waals surface area contributed by atoms with Gasteiger partial charge in [-0.25, -0.2) is 0 Å². The number of hydrogen-bond donors (Lipinski definition) is 2. The van der Waals surface area contributed by atoms with E-state index in [-0.39, 0.29) is 12.1 Å². The van der Waals surface area contributed by atoms with E-state index in [1.165, 1.54) is 0 Å². The van der Waals surface area contributed by atoms with Gasteiger partial charge in [-0.3, -0.25) is 4.68 Å². The third-order valence-corrected chi connectivity index (χ3v) is 3.53. The predicted molar refractivity (Wildman–Crippen MR) is 77.6 cm³/mol. The Balaban J connectivity index is 2.22. The molecule has 0 saturated carbocycles. The summed E-state index contributed by atoms with van der Waals surface area (Å²) < 4.78 is 2.96. The van der Waals surface area contributed by atoms with Gasteiger partial charge in [0.2, 0.25) is 0 Å². The second-order valence-electron chi connectivity index (χ2n) is 5.02. The molecule has 1 rings (SSSR count). The minimum absolute atomic E-state index is 0.138. The van der Waals surface area contributed by atoms with Gasteiger partial charge in [0.05, 0.1) is 17.3 Å². The molecule has 0 aliphatic rings. The summed E-state index contributed by atoms with van der Waals surface area (Å²) in [5.41, 5.74) is -0.138. The van der Waals surface area contributed by atoms with Gasteiger partial charge in [-0.15, -0.1) is 0 Å². The van der Waals surface area contributed by atoms with Crippen molar-refractivity contribution in [2.75, 3.05) is 13.2 Å². The zero-order valence-corrected chi connectivity index (χ0v) is 12.9. The zero-order valence-electron chi connectivity index (χ0n) is 11.3. The minimum Gasteiger partial charge on any atom is -0.394 e. The van der Waals surface area contributed by atoms with Gasteiger partial charge in [-0.2, -0.15) is 5.10 Å². The first-order chi connectivity index (χ1) is 8.59. The van der Waals surface area contributed by atoms with Gasteiger partial charge in [0.15, 0.2) is 0 Å². The second-order valence-corrected chi connectivity index (χ2v) is 5.94. The van der Waals surface area contributed by atoms with Gasteiger partial charge in [0, 0.05) is 18.3 Å². The predicted octanol–water partition coefficient (Wildman–Crippen LogP) is 2.57. The van der Waals surface area contributed by atoms with Crippen molar-refractivity contribution in [1.82, 2.24) is 15.1 Å². The lowest BCUT2D eigenvalue weighted by Gasteiger charge is -2.28. The molecule has 0 radical (unpaired) electrons. The summed E-state index contributed by atoms with van der Waals surface area (Å²) in [6.45, 7) is 6.32. The molecule has 1 aromatic rings. The number of aromatic nitrogens is 2. The summed E-state index contributed by atoms with van der Waals surface area (Å²) >= 11 is 3.39. The lowest BCUT2D eigenvalue weighted by Crippen LogP contribution is -2.46. The zero-order chi connectivity index (χ0) is 13.4. The van der Waals surface area contributed by atoms with E-state index in [0.717, 1.165) is 43.2 Å². The summed E-state index contributed by atoms with van der Waals surface area (Å²) in [6.07, 6.45) is 8.05. The molecule has 0 aliphatic carbocycles. The Bertz CT molecular complexity index is 343. The molecule has 0 aromatic carbocycles. The highest BCUT2D eigenvalue weighted by molar-refractivity contribution is 9.10. The minimum atomic E-state index is -0.138.